The van der Waals surface area contributed by atoms with E-state index >= 15 is 0 Å². The van der Waals surface area contributed by atoms with Gasteiger partial charge in [-0.15, -0.1) is 0 Å². The molecule has 6 nitrogen and oxygen atoms in total. The number of Topliss-reactive ketones (excluding diaryl/α,β-unsaturated/α-hetero) is 1. The maximum absolute atomic E-state index is 12.7. The van der Waals surface area contributed by atoms with Crippen LogP contribution in [0.4, 0.5) is 0 Å². The number of hydrogen-bond donors (Lipinski definition) is 1. The fourth-order valence-corrected chi connectivity index (χ4v) is 3.34. The summed E-state index contributed by atoms with van der Waals surface area (Å²) in [5.74, 6) is -0.0484. The smallest absolute Gasteiger partial charge is 0.338 e. The minimum atomic E-state index is -0.576. The van der Waals surface area contributed by atoms with Gasteiger partial charge in [0, 0.05) is 22.6 Å². The molecule has 0 unspecified atom stereocenters. The summed E-state index contributed by atoms with van der Waals surface area (Å²) >= 11 is 0. The van der Waals surface area contributed by atoms with E-state index in [-0.39, 0.29) is 19.0 Å². The van der Waals surface area contributed by atoms with Crippen molar-refractivity contribution in [3.63, 3.8) is 0 Å². The van der Waals surface area contributed by atoms with Crippen molar-refractivity contribution >= 4 is 11.8 Å². The highest BCUT2D eigenvalue weighted by atomic mass is 16.5. The minimum Gasteiger partial charge on any atom is -0.494 e. The second-order valence-corrected chi connectivity index (χ2v) is 6.90. The number of ether oxygens (including phenoxy) is 2. The first-order valence-electron chi connectivity index (χ1n) is 9.77. The van der Waals surface area contributed by atoms with Gasteiger partial charge in [0.25, 0.3) is 0 Å². The molecule has 0 saturated heterocycles. The third kappa shape index (κ3) is 4.60. The highest BCUT2D eigenvalue weighted by Crippen LogP contribution is 2.23. The van der Waals surface area contributed by atoms with Crippen molar-refractivity contribution in [3.8, 4) is 11.4 Å². The molecule has 2 aromatic carbocycles. The number of aliphatic hydroxyl groups is 1. The van der Waals surface area contributed by atoms with E-state index in [0.29, 0.717) is 23.3 Å². The van der Waals surface area contributed by atoms with Gasteiger partial charge in [-0.25, -0.2) is 4.79 Å². The Bertz CT molecular complexity index is 1030. The molecule has 0 aliphatic heterocycles. The number of rotatable bonds is 8. The van der Waals surface area contributed by atoms with Gasteiger partial charge in [0.05, 0.1) is 18.8 Å². The lowest BCUT2D eigenvalue weighted by molar-refractivity contribution is 0.0474. The number of carbonyl (C=O) groups excluding carboxylic acids is 2. The highest BCUT2D eigenvalue weighted by Gasteiger charge is 2.18. The van der Waals surface area contributed by atoms with Crippen LogP contribution in [0, 0.1) is 13.8 Å². The topological polar surface area (TPSA) is 77.8 Å². The molecule has 0 amide bonds. The second-order valence-electron chi connectivity index (χ2n) is 6.90. The lowest BCUT2D eigenvalue weighted by Gasteiger charge is -2.11. The van der Waals surface area contributed by atoms with Gasteiger partial charge in [-0.05, 0) is 68.8 Å². The number of aryl methyl sites for hydroxylation is 1. The van der Waals surface area contributed by atoms with E-state index in [9.17, 15) is 9.59 Å². The molecule has 30 heavy (non-hydrogen) atoms. The fraction of sp³-hybridized carbons (Fsp3) is 0.250. The average Bonchev–Trinajstić information content (AvgIpc) is 3.06. The molecule has 156 valence electrons. The van der Waals surface area contributed by atoms with Crippen molar-refractivity contribution in [2.24, 2.45) is 0 Å². The summed E-state index contributed by atoms with van der Waals surface area (Å²) in [6, 6.07) is 15.9. The Balaban J connectivity index is 1.72. The van der Waals surface area contributed by atoms with Gasteiger partial charge in [0.15, 0.2) is 6.61 Å². The summed E-state index contributed by atoms with van der Waals surface area (Å²) in [6.45, 7) is 5.89. The molecule has 0 fully saturated rings. The second kappa shape index (κ2) is 9.41. The predicted octanol–water partition coefficient (Wildman–Crippen LogP) is 4.02. The Morgan fingerprint density at radius 1 is 1.00 bits per heavy atom. The molecule has 3 rings (SSSR count). The maximum atomic E-state index is 12.7. The monoisotopic (exact) mass is 407 g/mol. The van der Waals surface area contributed by atoms with Crippen LogP contribution >= 0.6 is 0 Å². The summed E-state index contributed by atoms with van der Waals surface area (Å²) in [6.07, 6.45) is 0. The van der Waals surface area contributed by atoms with Crippen LogP contribution in [0.2, 0.25) is 0 Å². The largest absolute Gasteiger partial charge is 0.494 e. The van der Waals surface area contributed by atoms with Gasteiger partial charge in [-0.1, -0.05) is 12.1 Å². The van der Waals surface area contributed by atoms with Crippen LogP contribution in [0.5, 0.6) is 5.75 Å². The van der Waals surface area contributed by atoms with Crippen molar-refractivity contribution in [1.82, 2.24) is 4.57 Å². The zero-order chi connectivity index (χ0) is 21.7. The fourth-order valence-electron chi connectivity index (χ4n) is 3.34. The summed E-state index contributed by atoms with van der Waals surface area (Å²) < 4.78 is 12.7. The maximum Gasteiger partial charge on any atom is 0.338 e. The normalized spacial score (nSPS) is 10.7. The molecule has 1 N–H and O–H groups in total. The predicted molar refractivity (Wildman–Crippen MR) is 113 cm³/mol. The zero-order valence-corrected chi connectivity index (χ0v) is 17.3. The molecular weight excluding hydrogens is 382 g/mol. The van der Waals surface area contributed by atoms with Gasteiger partial charge < -0.3 is 19.1 Å². The number of ketones is 1. The van der Waals surface area contributed by atoms with Gasteiger partial charge in [-0.3, -0.25) is 4.79 Å². The lowest BCUT2D eigenvalue weighted by Crippen LogP contribution is -2.15. The number of esters is 1. The van der Waals surface area contributed by atoms with E-state index in [0.717, 1.165) is 22.8 Å². The number of benzene rings is 2. The molecule has 0 aliphatic carbocycles. The van der Waals surface area contributed by atoms with E-state index in [2.05, 4.69) is 0 Å². The molecule has 0 atom stereocenters. The van der Waals surface area contributed by atoms with Crippen LogP contribution in [0.1, 0.15) is 44.6 Å². The third-order valence-corrected chi connectivity index (χ3v) is 4.84. The Morgan fingerprint density at radius 3 is 2.27 bits per heavy atom. The molecule has 1 heterocycles. The van der Waals surface area contributed by atoms with E-state index in [4.69, 9.17) is 14.6 Å². The van der Waals surface area contributed by atoms with E-state index in [1.54, 1.807) is 30.3 Å². The van der Waals surface area contributed by atoms with Gasteiger partial charge in [0.1, 0.15) is 5.75 Å². The Morgan fingerprint density at radius 2 is 1.67 bits per heavy atom. The summed E-state index contributed by atoms with van der Waals surface area (Å²) in [5, 5.41) is 9.07. The third-order valence-electron chi connectivity index (χ3n) is 4.84. The first kappa shape index (κ1) is 21.3. The number of hydrogen-bond acceptors (Lipinski definition) is 5. The SMILES string of the molecule is CCOc1ccc(-n2c(C)cc(C(=O)COC(=O)c3ccc(CO)cc3)c2C)cc1. The van der Waals surface area contributed by atoms with Crippen LogP contribution < -0.4 is 4.74 Å². The van der Waals surface area contributed by atoms with Crippen molar-refractivity contribution < 1.29 is 24.2 Å². The van der Waals surface area contributed by atoms with Crippen molar-refractivity contribution in [2.45, 2.75) is 27.4 Å². The minimum absolute atomic E-state index is 0.0994. The molecule has 0 saturated carbocycles. The number of aliphatic hydroxyl groups excluding tert-OH is 1. The average molecular weight is 407 g/mol. The first-order chi connectivity index (χ1) is 14.4. The van der Waals surface area contributed by atoms with Crippen molar-refractivity contribution in [2.75, 3.05) is 13.2 Å². The molecule has 1 aromatic heterocycles. The summed E-state index contributed by atoms with van der Waals surface area (Å²) in [4.78, 5) is 24.9. The van der Waals surface area contributed by atoms with Crippen molar-refractivity contribution in [3.05, 3.63) is 82.7 Å². The quantitative estimate of drug-likeness (QED) is 0.451. The van der Waals surface area contributed by atoms with Crippen molar-refractivity contribution in [1.29, 1.82) is 0 Å². The summed E-state index contributed by atoms with van der Waals surface area (Å²) in [5.41, 5.74) is 4.17. The summed E-state index contributed by atoms with van der Waals surface area (Å²) in [7, 11) is 0. The molecule has 6 heteroatoms. The number of aromatic nitrogens is 1. The first-order valence-corrected chi connectivity index (χ1v) is 9.77. The highest BCUT2D eigenvalue weighted by molar-refractivity contribution is 6.00. The Kier molecular flexibility index (Phi) is 6.69. The van der Waals surface area contributed by atoms with E-state index in [1.807, 2.05) is 49.6 Å². The molecule has 0 bridgehead atoms. The van der Waals surface area contributed by atoms with Crippen LogP contribution in [0.3, 0.4) is 0 Å². The van der Waals surface area contributed by atoms with Gasteiger partial charge in [-0.2, -0.15) is 0 Å². The Labute approximate surface area is 175 Å². The molecular formula is C24H25NO5. The number of carbonyl (C=O) groups is 2. The number of nitrogens with zero attached hydrogens (tertiary/aromatic N) is 1. The standard InChI is InChI=1S/C24H25NO5/c1-4-29-21-11-9-20(10-12-21)25-16(2)13-22(17(25)3)23(27)15-30-24(28)19-7-5-18(14-26)6-8-19/h5-13,26H,4,14-15H2,1-3H3. The van der Waals surface area contributed by atoms with Gasteiger partial charge >= 0.3 is 5.97 Å². The molecule has 3 aromatic rings. The van der Waals surface area contributed by atoms with Crippen LogP contribution in [-0.4, -0.2) is 34.6 Å². The van der Waals surface area contributed by atoms with E-state index < -0.39 is 5.97 Å². The molecule has 0 radical (unpaired) electrons. The zero-order valence-electron chi connectivity index (χ0n) is 17.3. The van der Waals surface area contributed by atoms with Gasteiger partial charge in [0.2, 0.25) is 5.78 Å². The molecule has 0 spiro atoms. The van der Waals surface area contributed by atoms with E-state index in [1.165, 1.54) is 0 Å². The Hall–Kier alpha value is -3.38. The van der Waals surface area contributed by atoms with Crippen LogP contribution in [-0.2, 0) is 11.3 Å². The van der Waals surface area contributed by atoms with Crippen LogP contribution in [0.15, 0.2) is 54.6 Å². The molecule has 0 aliphatic rings. The van der Waals surface area contributed by atoms with Crippen LogP contribution in [0.25, 0.3) is 5.69 Å². The lowest BCUT2D eigenvalue weighted by atomic mass is 10.1.